The Kier molecular flexibility index (Phi) is 5.20. The molecule has 0 fully saturated rings. The predicted octanol–water partition coefficient (Wildman–Crippen LogP) is 4.56. The van der Waals surface area contributed by atoms with Crippen LogP contribution in [-0.2, 0) is 16.0 Å². The summed E-state index contributed by atoms with van der Waals surface area (Å²) in [7, 11) is 0. The Morgan fingerprint density at radius 2 is 1.50 bits per heavy atom. The minimum absolute atomic E-state index is 0.0587. The van der Waals surface area contributed by atoms with Gasteiger partial charge in [-0.3, -0.25) is 4.79 Å². The molecular weight excluding hydrogens is 350 g/mol. The van der Waals surface area contributed by atoms with Gasteiger partial charge in [0, 0.05) is 17.8 Å². The number of esters is 1. The molecule has 0 aliphatic carbocycles. The number of ether oxygens (including phenoxy) is 1. The Bertz CT molecular complexity index is 969. The van der Waals surface area contributed by atoms with Gasteiger partial charge in [-0.1, -0.05) is 66.7 Å². The van der Waals surface area contributed by atoms with Gasteiger partial charge in [0.25, 0.3) is 0 Å². The lowest BCUT2D eigenvalue weighted by atomic mass is 10.0. The van der Waals surface area contributed by atoms with Crippen LogP contribution in [0.15, 0.2) is 84.9 Å². The molecule has 140 valence electrons. The van der Waals surface area contributed by atoms with Crippen molar-refractivity contribution in [3.8, 4) is 0 Å². The monoisotopic (exact) mass is 371 g/mol. The highest BCUT2D eigenvalue weighted by Crippen LogP contribution is 2.33. The second-order valence-corrected chi connectivity index (χ2v) is 6.80. The van der Waals surface area contributed by atoms with E-state index in [-0.39, 0.29) is 18.3 Å². The van der Waals surface area contributed by atoms with Crippen molar-refractivity contribution in [3.63, 3.8) is 0 Å². The van der Waals surface area contributed by atoms with Crippen LogP contribution < -0.4 is 4.90 Å². The third kappa shape index (κ3) is 3.81. The van der Waals surface area contributed by atoms with Gasteiger partial charge in [0.1, 0.15) is 6.10 Å². The van der Waals surface area contributed by atoms with E-state index in [1.54, 1.807) is 17.0 Å². The number of fused-ring (bicyclic) bond motifs is 1. The van der Waals surface area contributed by atoms with Gasteiger partial charge < -0.3 is 9.64 Å². The van der Waals surface area contributed by atoms with Gasteiger partial charge in [-0.05, 0) is 30.2 Å². The summed E-state index contributed by atoms with van der Waals surface area (Å²) in [6, 6.07) is 27.0. The molecule has 0 bridgehead atoms. The van der Waals surface area contributed by atoms with Crippen molar-refractivity contribution in [3.05, 3.63) is 102 Å². The maximum absolute atomic E-state index is 13.2. The Balaban J connectivity index is 1.53. The molecule has 1 aliphatic heterocycles. The van der Waals surface area contributed by atoms with E-state index >= 15 is 0 Å². The van der Waals surface area contributed by atoms with Gasteiger partial charge in [0.05, 0.1) is 12.0 Å². The zero-order valence-electron chi connectivity index (χ0n) is 15.5. The number of cyclic esters (lactones) is 1. The van der Waals surface area contributed by atoms with E-state index in [1.807, 2.05) is 60.7 Å². The number of benzene rings is 3. The number of para-hydroxylation sites is 1. The molecule has 4 heteroatoms. The molecule has 0 saturated heterocycles. The fourth-order valence-corrected chi connectivity index (χ4v) is 3.53. The van der Waals surface area contributed by atoms with Gasteiger partial charge in [0.15, 0.2) is 0 Å². The molecule has 1 amide bonds. The van der Waals surface area contributed by atoms with Crippen LogP contribution in [0.5, 0.6) is 0 Å². The molecule has 1 atom stereocenters. The van der Waals surface area contributed by atoms with Crippen molar-refractivity contribution >= 4 is 17.6 Å². The van der Waals surface area contributed by atoms with Crippen LogP contribution in [0.2, 0.25) is 0 Å². The standard InChI is InChI=1S/C24H21NO3/c26-23(17-22-20-13-7-8-14-21(20)24(27)28-22)25(19-11-5-2-6-12-19)16-15-18-9-3-1-4-10-18/h1-14,22H,15-17H2. The van der Waals surface area contributed by atoms with Crippen LogP contribution in [-0.4, -0.2) is 18.4 Å². The zero-order chi connectivity index (χ0) is 19.3. The van der Waals surface area contributed by atoms with E-state index in [0.717, 1.165) is 17.7 Å². The van der Waals surface area contributed by atoms with Gasteiger partial charge in [-0.2, -0.15) is 0 Å². The van der Waals surface area contributed by atoms with Gasteiger partial charge in [-0.25, -0.2) is 4.79 Å². The Morgan fingerprint density at radius 1 is 0.857 bits per heavy atom. The number of rotatable bonds is 6. The van der Waals surface area contributed by atoms with Crippen molar-refractivity contribution in [2.45, 2.75) is 18.9 Å². The lowest BCUT2D eigenvalue weighted by molar-refractivity contribution is -0.120. The normalized spacial score (nSPS) is 15.0. The summed E-state index contributed by atoms with van der Waals surface area (Å²) < 4.78 is 5.46. The van der Waals surface area contributed by atoms with Gasteiger partial charge in [-0.15, -0.1) is 0 Å². The van der Waals surface area contributed by atoms with Crippen molar-refractivity contribution in [1.29, 1.82) is 0 Å². The highest BCUT2D eigenvalue weighted by molar-refractivity contribution is 5.97. The highest BCUT2D eigenvalue weighted by Gasteiger charge is 2.33. The van der Waals surface area contributed by atoms with Crippen LogP contribution in [0, 0.1) is 0 Å². The third-order valence-electron chi connectivity index (χ3n) is 4.97. The molecule has 0 saturated carbocycles. The molecular formula is C24H21NO3. The van der Waals surface area contributed by atoms with E-state index in [2.05, 4.69) is 12.1 Å². The summed E-state index contributed by atoms with van der Waals surface area (Å²) in [4.78, 5) is 27.0. The average molecular weight is 371 g/mol. The smallest absolute Gasteiger partial charge is 0.339 e. The average Bonchev–Trinajstić information content (AvgIpc) is 3.05. The molecule has 4 rings (SSSR count). The quantitative estimate of drug-likeness (QED) is 0.597. The first kappa shape index (κ1) is 18.0. The number of anilines is 1. The second-order valence-electron chi connectivity index (χ2n) is 6.80. The van der Waals surface area contributed by atoms with Crippen LogP contribution in [0.25, 0.3) is 0 Å². The number of carbonyl (C=O) groups excluding carboxylic acids is 2. The summed E-state index contributed by atoms with van der Waals surface area (Å²) in [6.45, 7) is 0.565. The lowest BCUT2D eigenvalue weighted by Crippen LogP contribution is -2.34. The molecule has 0 radical (unpaired) electrons. The number of hydrogen-bond donors (Lipinski definition) is 0. The van der Waals surface area contributed by atoms with E-state index in [4.69, 9.17) is 4.74 Å². The lowest BCUT2D eigenvalue weighted by Gasteiger charge is -2.24. The Hall–Kier alpha value is -3.40. The Morgan fingerprint density at radius 3 is 2.25 bits per heavy atom. The second kappa shape index (κ2) is 8.09. The summed E-state index contributed by atoms with van der Waals surface area (Å²) >= 11 is 0. The van der Waals surface area contributed by atoms with Gasteiger partial charge >= 0.3 is 5.97 Å². The summed E-state index contributed by atoms with van der Waals surface area (Å²) in [5.74, 6) is -0.416. The Labute approximate surface area is 164 Å². The third-order valence-corrected chi connectivity index (χ3v) is 4.97. The van der Waals surface area contributed by atoms with Crippen LogP contribution in [0.1, 0.15) is 34.0 Å². The zero-order valence-corrected chi connectivity index (χ0v) is 15.5. The minimum atomic E-state index is -0.529. The first-order valence-electron chi connectivity index (χ1n) is 9.41. The molecule has 3 aromatic carbocycles. The molecule has 1 heterocycles. The van der Waals surface area contributed by atoms with Crippen LogP contribution >= 0.6 is 0 Å². The summed E-state index contributed by atoms with van der Waals surface area (Å²) in [6.07, 6.45) is 0.355. The SMILES string of the molecule is O=C1OC(CC(=O)N(CCc2ccccc2)c2ccccc2)c2ccccc21. The number of amides is 1. The maximum atomic E-state index is 13.2. The van der Waals surface area contributed by atoms with E-state index < -0.39 is 6.10 Å². The van der Waals surface area contributed by atoms with Crippen molar-refractivity contribution < 1.29 is 14.3 Å². The molecule has 1 unspecified atom stereocenters. The minimum Gasteiger partial charge on any atom is -0.453 e. The fraction of sp³-hybridized carbons (Fsp3) is 0.167. The molecule has 0 spiro atoms. The van der Waals surface area contributed by atoms with E-state index in [0.29, 0.717) is 12.1 Å². The number of carbonyl (C=O) groups is 2. The molecule has 0 N–H and O–H groups in total. The molecule has 0 aromatic heterocycles. The van der Waals surface area contributed by atoms with Crippen LogP contribution in [0.4, 0.5) is 5.69 Å². The maximum Gasteiger partial charge on any atom is 0.339 e. The van der Waals surface area contributed by atoms with Crippen molar-refractivity contribution in [2.75, 3.05) is 11.4 Å². The molecule has 4 nitrogen and oxygen atoms in total. The van der Waals surface area contributed by atoms with E-state index in [9.17, 15) is 9.59 Å². The van der Waals surface area contributed by atoms with E-state index in [1.165, 1.54) is 5.56 Å². The summed E-state index contributed by atoms with van der Waals surface area (Å²) in [5, 5.41) is 0. The largest absolute Gasteiger partial charge is 0.453 e. The molecule has 1 aliphatic rings. The molecule has 3 aromatic rings. The van der Waals surface area contributed by atoms with Crippen LogP contribution in [0.3, 0.4) is 0 Å². The predicted molar refractivity (Wildman–Crippen MR) is 108 cm³/mol. The highest BCUT2D eigenvalue weighted by atomic mass is 16.5. The molecule has 28 heavy (non-hydrogen) atoms. The van der Waals surface area contributed by atoms with Crippen molar-refractivity contribution in [2.24, 2.45) is 0 Å². The number of hydrogen-bond acceptors (Lipinski definition) is 3. The first-order chi connectivity index (χ1) is 13.7. The first-order valence-corrected chi connectivity index (χ1v) is 9.41. The van der Waals surface area contributed by atoms with Gasteiger partial charge in [0.2, 0.25) is 5.91 Å². The summed E-state index contributed by atoms with van der Waals surface area (Å²) in [5.41, 5.74) is 3.36. The number of nitrogens with zero attached hydrogens (tertiary/aromatic N) is 1. The van der Waals surface area contributed by atoms with Crippen molar-refractivity contribution in [1.82, 2.24) is 0 Å². The topological polar surface area (TPSA) is 46.6 Å². The fourth-order valence-electron chi connectivity index (χ4n) is 3.53.